The first-order valence-corrected chi connectivity index (χ1v) is 6.08. The van der Waals surface area contributed by atoms with E-state index >= 15 is 0 Å². The summed E-state index contributed by atoms with van der Waals surface area (Å²) in [5.74, 6) is 0. The van der Waals surface area contributed by atoms with Crippen molar-refractivity contribution in [2.24, 2.45) is 7.05 Å². The first kappa shape index (κ1) is 12.6. The van der Waals surface area contributed by atoms with E-state index in [-0.39, 0.29) is 6.54 Å². The zero-order valence-corrected chi connectivity index (χ0v) is 11.3. The molecule has 1 heterocycles. The van der Waals surface area contributed by atoms with Crippen molar-refractivity contribution in [3.8, 4) is 0 Å². The molecular weight excluding hydrogens is 298 g/mol. The molecule has 0 saturated carbocycles. The number of nitrogens with two attached hydrogens (primary N) is 1. The molecule has 0 bridgehead atoms. The Morgan fingerprint density at radius 2 is 1.94 bits per heavy atom. The molecule has 0 radical (unpaired) electrons. The van der Waals surface area contributed by atoms with E-state index in [0.29, 0.717) is 5.69 Å². The molecule has 1 aromatic heterocycles. The van der Waals surface area contributed by atoms with Gasteiger partial charge in [-0.1, -0.05) is 22.0 Å². The number of rotatable bonds is 2. The Kier molecular flexibility index (Phi) is 3.38. The molecule has 94 valence electrons. The van der Waals surface area contributed by atoms with Crippen molar-refractivity contribution in [2.45, 2.75) is 6.54 Å². The monoisotopic (exact) mass is 309 g/mol. The lowest BCUT2D eigenvalue weighted by atomic mass is 10.2. The van der Waals surface area contributed by atoms with Crippen molar-refractivity contribution in [1.29, 1.82) is 0 Å². The Morgan fingerprint density at radius 1 is 1.22 bits per heavy atom. The molecule has 2 rings (SSSR count). The van der Waals surface area contributed by atoms with Gasteiger partial charge in [0.15, 0.2) is 0 Å². The van der Waals surface area contributed by atoms with Gasteiger partial charge in [-0.2, -0.15) is 0 Å². The molecule has 5 nitrogen and oxygen atoms in total. The van der Waals surface area contributed by atoms with E-state index in [1.54, 1.807) is 25.5 Å². The van der Waals surface area contributed by atoms with Gasteiger partial charge in [0.2, 0.25) is 0 Å². The molecule has 0 amide bonds. The maximum Gasteiger partial charge on any atom is 0.316 e. The van der Waals surface area contributed by atoms with Crippen LogP contribution in [0.15, 0.2) is 44.7 Å². The minimum absolute atomic E-state index is 0.286. The maximum atomic E-state index is 11.8. The van der Waals surface area contributed by atoms with Crippen molar-refractivity contribution in [3.05, 3.63) is 61.3 Å². The summed E-state index contributed by atoms with van der Waals surface area (Å²) in [5, 5.41) is 0. The van der Waals surface area contributed by atoms with Crippen LogP contribution in [0, 0.1) is 0 Å². The summed E-state index contributed by atoms with van der Waals surface area (Å²) in [6, 6.07) is 5.43. The van der Waals surface area contributed by atoms with Crippen LogP contribution in [0.3, 0.4) is 0 Å². The van der Waals surface area contributed by atoms with Gasteiger partial charge in [0.05, 0.1) is 6.54 Å². The third-order valence-corrected chi connectivity index (χ3v) is 3.18. The van der Waals surface area contributed by atoms with E-state index < -0.39 is 11.1 Å². The molecule has 2 N–H and O–H groups in total. The molecule has 0 aliphatic heterocycles. The minimum atomic E-state index is -0.553. The van der Waals surface area contributed by atoms with E-state index in [1.807, 2.05) is 12.1 Å². The highest BCUT2D eigenvalue weighted by Gasteiger charge is 2.05. The fourth-order valence-electron chi connectivity index (χ4n) is 1.61. The molecule has 1 aromatic carbocycles. The summed E-state index contributed by atoms with van der Waals surface area (Å²) >= 11 is 3.32. The van der Waals surface area contributed by atoms with Crippen molar-refractivity contribution < 1.29 is 0 Å². The average Bonchev–Trinajstić information content (AvgIpc) is 2.33. The Labute approximate surface area is 112 Å². The Balaban J connectivity index is 2.44. The summed E-state index contributed by atoms with van der Waals surface area (Å²) in [6.07, 6.45) is 3.13. The van der Waals surface area contributed by atoms with Gasteiger partial charge in [-0.3, -0.25) is 9.59 Å². The van der Waals surface area contributed by atoms with Crippen molar-refractivity contribution >= 4 is 21.6 Å². The van der Waals surface area contributed by atoms with E-state index in [0.717, 1.165) is 10.0 Å². The SMILES string of the molecule is Cn1ccn(Cc2ccc(Br)cc2N)c(=O)c1=O. The largest absolute Gasteiger partial charge is 0.398 e. The van der Waals surface area contributed by atoms with Crippen LogP contribution >= 0.6 is 15.9 Å². The van der Waals surface area contributed by atoms with Gasteiger partial charge in [-0.15, -0.1) is 0 Å². The predicted octanol–water partition coefficient (Wildman–Crippen LogP) is 0.940. The van der Waals surface area contributed by atoms with Crippen LogP contribution < -0.4 is 16.9 Å². The molecule has 2 aromatic rings. The van der Waals surface area contributed by atoms with Crippen molar-refractivity contribution in [2.75, 3.05) is 5.73 Å². The fraction of sp³-hybridized carbons (Fsp3) is 0.167. The topological polar surface area (TPSA) is 70.0 Å². The number of hydrogen-bond donors (Lipinski definition) is 1. The van der Waals surface area contributed by atoms with E-state index in [9.17, 15) is 9.59 Å². The maximum absolute atomic E-state index is 11.8. The standard InChI is InChI=1S/C12H12BrN3O2/c1-15-4-5-16(12(18)11(15)17)7-8-2-3-9(13)6-10(8)14/h2-6H,7,14H2,1H3. The average molecular weight is 310 g/mol. The van der Waals surface area contributed by atoms with Gasteiger partial charge in [0, 0.05) is 29.6 Å². The molecule has 0 unspecified atom stereocenters. The first-order chi connectivity index (χ1) is 8.49. The molecule has 0 atom stereocenters. The quantitative estimate of drug-likeness (QED) is 0.663. The normalized spacial score (nSPS) is 10.6. The number of aryl methyl sites for hydroxylation is 1. The van der Waals surface area contributed by atoms with Gasteiger partial charge in [-0.25, -0.2) is 0 Å². The lowest BCUT2D eigenvalue weighted by molar-refractivity contribution is 0.696. The van der Waals surface area contributed by atoms with E-state index in [4.69, 9.17) is 5.73 Å². The van der Waals surface area contributed by atoms with Crippen molar-refractivity contribution in [1.82, 2.24) is 9.13 Å². The van der Waals surface area contributed by atoms with Crippen LogP contribution in [-0.4, -0.2) is 9.13 Å². The number of benzene rings is 1. The van der Waals surface area contributed by atoms with Gasteiger partial charge >= 0.3 is 11.1 Å². The summed E-state index contributed by atoms with van der Waals surface area (Å²) in [6.45, 7) is 0.286. The number of nitrogens with zero attached hydrogens (tertiary/aromatic N) is 2. The highest BCUT2D eigenvalue weighted by molar-refractivity contribution is 9.10. The Hall–Kier alpha value is -1.82. The molecule has 0 fully saturated rings. The fourth-order valence-corrected chi connectivity index (χ4v) is 1.99. The van der Waals surface area contributed by atoms with Gasteiger partial charge in [0.1, 0.15) is 0 Å². The molecular formula is C12H12BrN3O2. The lowest BCUT2D eigenvalue weighted by Gasteiger charge is -2.09. The summed E-state index contributed by atoms with van der Waals surface area (Å²) in [4.78, 5) is 23.3. The second-order valence-corrected chi connectivity index (χ2v) is 4.91. The molecule has 0 saturated heterocycles. The Morgan fingerprint density at radius 3 is 2.61 bits per heavy atom. The van der Waals surface area contributed by atoms with Crippen LogP contribution in [-0.2, 0) is 13.6 Å². The lowest BCUT2D eigenvalue weighted by Crippen LogP contribution is -2.39. The third-order valence-electron chi connectivity index (χ3n) is 2.68. The highest BCUT2D eigenvalue weighted by atomic mass is 79.9. The molecule has 0 aliphatic carbocycles. The summed E-state index contributed by atoms with van der Waals surface area (Å²) in [5.41, 5.74) is 6.14. The van der Waals surface area contributed by atoms with Crippen LogP contribution in [0.25, 0.3) is 0 Å². The molecule has 0 spiro atoms. The van der Waals surface area contributed by atoms with Gasteiger partial charge in [-0.05, 0) is 17.7 Å². The van der Waals surface area contributed by atoms with E-state index in [2.05, 4.69) is 15.9 Å². The highest BCUT2D eigenvalue weighted by Crippen LogP contribution is 2.18. The van der Waals surface area contributed by atoms with Gasteiger partial charge in [0.25, 0.3) is 0 Å². The van der Waals surface area contributed by atoms with E-state index in [1.165, 1.54) is 9.13 Å². The smallest absolute Gasteiger partial charge is 0.316 e. The zero-order valence-electron chi connectivity index (χ0n) is 9.76. The number of anilines is 1. The molecule has 6 heteroatoms. The Bertz CT molecular complexity index is 703. The van der Waals surface area contributed by atoms with Gasteiger partial charge < -0.3 is 14.9 Å². The zero-order chi connectivity index (χ0) is 13.3. The van der Waals surface area contributed by atoms with Crippen LogP contribution in [0.4, 0.5) is 5.69 Å². The summed E-state index contributed by atoms with van der Waals surface area (Å²) in [7, 11) is 1.54. The minimum Gasteiger partial charge on any atom is -0.398 e. The number of nitrogen functional groups attached to an aromatic ring is 1. The molecule has 0 aliphatic rings. The second kappa shape index (κ2) is 4.81. The van der Waals surface area contributed by atoms with Crippen LogP contribution in [0.2, 0.25) is 0 Å². The first-order valence-electron chi connectivity index (χ1n) is 5.29. The molecule has 18 heavy (non-hydrogen) atoms. The van der Waals surface area contributed by atoms with Crippen LogP contribution in [0.5, 0.6) is 0 Å². The number of hydrogen-bond acceptors (Lipinski definition) is 3. The number of halogens is 1. The second-order valence-electron chi connectivity index (χ2n) is 3.99. The third kappa shape index (κ3) is 2.38. The summed E-state index contributed by atoms with van der Waals surface area (Å²) < 4.78 is 3.48. The van der Waals surface area contributed by atoms with Crippen molar-refractivity contribution in [3.63, 3.8) is 0 Å². The van der Waals surface area contributed by atoms with Crippen LogP contribution in [0.1, 0.15) is 5.56 Å². The number of aromatic nitrogens is 2. The predicted molar refractivity (Wildman–Crippen MR) is 73.6 cm³/mol.